The molecule has 2 aliphatic rings. The molecule has 2 aromatic carbocycles. The topological polar surface area (TPSA) is 36.3 Å². The number of fused-ring (bicyclic) bond motifs is 1. The van der Waals surface area contributed by atoms with Crippen molar-refractivity contribution in [2.75, 3.05) is 26.0 Å². The Morgan fingerprint density at radius 2 is 2.04 bits per heavy atom. The maximum absolute atomic E-state index is 9.31. The zero-order valence-corrected chi connectivity index (χ0v) is 16.7. The van der Waals surface area contributed by atoms with Gasteiger partial charge in [0.25, 0.3) is 0 Å². The van der Waals surface area contributed by atoms with E-state index in [4.69, 9.17) is 4.74 Å². The predicted octanol–water partition coefficient (Wildman–Crippen LogP) is 4.54. The van der Waals surface area contributed by atoms with Gasteiger partial charge in [-0.2, -0.15) is 5.26 Å². The van der Waals surface area contributed by atoms with E-state index < -0.39 is 0 Å². The maximum atomic E-state index is 9.31. The molecule has 1 aliphatic carbocycles. The highest BCUT2D eigenvalue weighted by Gasteiger charge is 2.31. The van der Waals surface area contributed by atoms with Gasteiger partial charge in [-0.25, -0.2) is 0 Å². The zero-order chi connectivity index (χ0) is 18.6. The lowest BCUT2D eigenvalue weighted by Gasteiger charge is -2.32. The van der Waals surface area contributed by atoms with Crippen LogP contribution < -0.4 is 4.74 Å². The minimum Gasteiger partial charge on any atom is -0.493 e. The van der Waals surface area contributed by atoms with Crippen LogP contribution in [0.4, 0.5) is 0 Å². The number of rotatable bonds is 5. The van der Waals surface area contributed by atoms with Gasteiger partial charge < -0.3 is 4.74 Å². The lowest BCUT2D eigenvalue weighted by Crippen LogP contribution is -2.38. The Morgan fingerprint density at radius 3 is 2.81 bits per heavy atom. The van der Waals surface area contributed by atoms with E-state index in [2.05, 4.69) is 47.6 Å². The summed E-state index contributed by atoms with van der Waals surface area (Å²) >= 11 is 1.75. The van der Waals surface area contributed by atoms with E-state index >= 15 is 0 Å². The van der Waals surface area contributed by atoms with Crippen LogP contribution in [0.3, 0.4) is 0 Å². The van der Waals surface area contributed by atoms with Crippen LogP contribution in [0.15, 0.2) is 47.4 Å². The standard InChI is InChI=1S/C23H26N2OS/c1-27-22-8-6-21(7-9-22)26-16-17-11-12-25(15-17)20-5-10-23-18(13-20)3-2-4-19(23)14-24/h2-4,6-9,17,20H,5,10-13,15-16H2,1H3/t17-,20?/m0/s1. The van der Waals surface area contributed by atoms with E-state index in [0.717, 1.165) is 50.3 Å². The summed E-state index contributed by atoms with van der Waals surface area (Å²) in [6.45, 7) is 3.09. The van der Waals surface area contributed by atoms with Gasteiger partial charge in [-0.3, -0.25) is 4.90 Å². The van der Waals surface area contributed by atoms with Crippen LogP contribution in [0.1, 0.15) is 29.5 Å². The molecule has 2 atom stereocenters. The largest absolute Gasteiger partial charge is 0.493 e. The van der Waals surface area contributed by atoms with Gasteiger partial charge in [0.05, 0.1) is 18.2 Å². The van der Waals surface area contributed by atoms with Crippen LogP contribution in [-0.2, 0) is 12.8 Å². The normalized spacial score (nSPS) is 22.2. The third kappa shape index (κ3) is 4.15. The number of hydrogen-bond donors (Lipinski definition) is 0. The Bertz CT molecular complexity index is 827. The minimum absolute atomic E-state index is 0.608. The number of likely N-dealkylation sites (tertiary alicyclic amines) is 1. The van der Waals surface area contributed by atoms with Crippen molar-refractivity contribution in [1.82, 2.24) is 4.90 Å². The Balaban J connectivity index is 1.31. The third-order valence-electron chi connectivity index (χ3n) is 5.96. The fraction of sp³-hybridized carbons (Fsp3) is 0.435. The van der Waals surface area contributed by atoms with Gasteiger partial charge in [-0.05, 0) is 79.9 Å². The molecule has 27 heavy (non-hydrogen) atoms. The first-order valence-corrected chi connectivity index (χ1v) is 11.0. The van der Waals surface area contributed by atoms with Crippen molar-refractivity contribution >= 4 is 11.8 Å². The van der Waals surface area contributed by atoms with Gasteiger partial charge in [0.2, 0.25) is 0 Å². The molecule has 0 radical (unpaired) electrons. The average Bonchev–Trinajstić information content (AvgIpc) is 3.21. The summed E-state index contributed by atoms with van der Waals surface area (Å²) in [6, 6.07) is 17.5. The summed E-state index contributed by atoms with van der Waals surface area (Å²) < 4.78 is 6.04. The fourth-order valence-corrected chi connectivity index (χ4v) is 4.83. The Labute approximate surface area is 166 Å². The van der Waals surface area contributed by atoms with E-state index in [1.165, 1.54) is 22.4 Å². The molecule has 4 rings (SSSR count). The molecule has 2 aromatic rings. The van der Waals surface area contributed by atoms with Crippen LogP contribution in [-0.4, -0.2) is 36.9 Å². The second kappa shape index (κ2) is 8.37. The quantitative estimate of drug-likeness (QED) is 0.716. The molecule has 1 saturated heterocycles. The molecule has 0 aromatic heterocycles. The lowest BCUT2D eigenvalue weighted by atomic mass is 9.85. The van der Waals surface area contributed by atoms with Crippen molar-refractivity contribution in [3.8, 4) is 11.8 Å². The molecule has 4 heteroatoms. The Morgan fingerprint density at radius 1 is 1.19 bits per heavy atom. The monoisotopic (exact) mass is 378 g/mol. The van der Waals surface area contributed by atoms with Crippen LogP contribution in [0.25, 0.3) is 0 Å². The number of hydrogen-bond acceptors (Lipinski definition) is 4. The highest BCUT2D eigenvalue weighted by molar-refractivity contribution is 7.98. The smallest absolute Gasteiger partial charge is 0.119 e. The van der Waals surface area contributed by atoms with E-state index in [9.17, 15) is 5.26 Å². The first-order chi connectivity index (χ1) is 13.3. The zero-order valence-electron chi connectivity index (χ0n) is 15.9. The molecule has 1 aliphatic heterocycles. The van der Waals surface area contributed by atoms with Crippen LogP contribution in [0.2, 0.25) is 0 Å². The Hall–Kier alpha value is -1.96. The van der Waals surface area contributed by atoms with Gasteiger partial charge in [-0.1, -0.05) is 12.1 Å². The highest BCUT2D eigenvalue weighted by Crippen LogP contribution is 2.30. The molecule has 0 bridgehead atoms. The SMILES string of the molecule is CSc1ccc(OC[C@H]2CCN(C3CCc4c(C#N)cccc4C3)C2)cc1. The van der Waals surface area contributed by atoms with Gasteiger partial charge in [-0.15, -0.1) is 11.8 Å². The molecule has 1 heterocycles. The predicted molar refractivity (Wildman–Crippen MR) is 110 cm³/mol. The minimum atomic E-state index is 0.608. The van der Waals surface area contributed by atoms with E-state index in [-0.39, 0.29) is 0 Å². The van der Waals surface area contributed by atoms with Crippen LogP contribution in [0.5, 0.6) is 5.75 Å². The average molecular weight is 379 g/mol. The van der Waals surface area contributed by atoms with Gasteiger partial charge in [0.1, 0.15) is 5.75 Å². The maximum Gasteiger partial charge on any atom is 0.119 e. The van der Waals surface area contributed by atoms with Crippen molar-refractivity contribution in [3.63, 3.8) is 0 Å². The molecule has 0 spiro atoms. The molecule has 140 valence electrons. The summed E-state index contributed by atoms with van der Waals surface area (Å²) in [4.78, 5) is 3.92. The Kier molecular flexibility index (Phi) is 5.71. The van der Waals surface area contributed by atoms with Crippen LogP contribution >= 0.6 is 11.8 Å². The molecular weight excluding hydrogens is 352 g/mol. The van der Waals surface area contributed by atoms with Crippen molar-refractivity contribution in [1.29, 1.82) is 5.26 Å². The summed E-state index contributed by atoms with van der Waals surface area (Å²) in [5, 5.41) is 9.31. The number of ether oxygens (including phenoxy) is 1. The second-order valence-electron chi connectivity index (χ2n) is 7.59. The van der Waals surface area contributed by atoms with Crippen molar-refractivity contribution in [2.24, 2.45) is 5.92 Å². The summed E-state index contributed by atoms with van der Waals surface area (Å²) in [5.74, 6) is 1.58. The van der Waals surface area contributed by atoms with Crippen LogP contribution in [0, 0.1) is 17.2 Å². The molecule has 1 fully saturated rings. The summed E-state index contributed by atoms with van der Waals surface area (Å²) in [5.41, 5.74) is 3.52. The molecule has 0 saturated carbocycles. The number of nitrogens with zero attached hydrogens (tertiary/aromatic N) is 2. The summed E-state index contributed by atoms with van der Waals surface area (Å²) in [6.07, 6.45) is 6.57. The van der Waals surface area contributed by atoms with E-state index in [0.29, 0.717) is 12.0 Å². The van der Waals surface area contributed by atoms with Gasteiger partial charge in [0, 0.05) is 23.4 Å². The molecule has 1 unspecified atom stereocenters. The van der Waals surface area contributed by atoms with E-state index in [1.54, 1.807) is 11.8 Å². The van der Waals surface area contributed by atoms with Crippen molar-refractivity contribution in [3.05, 3.63) is 59.2 Å². The first-order valence-electron chi connectivity index (χ1n) is 9.78. The van der Waals surface area contributed by atoms with Crippen molar-refractivity contribution < 1.29 is 4.74 Å². The molecule has 0 amide bonds. The lowest BCUT2D eigenvalue weighted by molar-refractivity contribution is 0.195. The van der Waals surface area contributed by atoms with Gasteiger partial charge >= 0.3 is 0 Å². The van der Waals surface area contributed by atoms with E-state index in [1.807, 2.05) is 12.1 Å². The molecule has 3 nitrogen and oxygen atoms in total. The fourth-order valence-electron chi connectivity index (χ4n) is 4.42. The number of nitriles is 1. The summed E-state index contributed by atoms with van der Waals surface area (Å²) in [7, 11) is 0. The first kappa shape index (κ1) is 18.4. The third-order valence-corrected chi connectivity index (χ3v) is 6.70. The van der Waals surface area contributed by atoms with Crippen molar-refractivity contribution in [2.45, 2.75) is 36.6 Å². The molecule has 0 N–H and O–H groups in total. The second-order valence-corrected chi connectivity index (χ2v) is 8.47. The highest BCUT2D eigenvalue weighted by atomic mass is 32.2. The van der Waals surface area contributed by atoms with Gasteiger partial charge in [0.15, 0.2) is 0 Å². The number of benzene rings is 2. The molecular formula is C23H26N2OS. The number of thioether (sulfide) groups is 1.